The first-order chi connectivity index (χ1) is 8.07. The third-order valence-corrected chi connectivity index (χ3v) is 2.45. The molecule has 0 aliphatic rings. The second kappa shape index (κ2) is 6.59. The molecule has 0 aliphatic carbocycles. The van der Waals surface area contributed by atoms with Crippen LogP contribution in [0.2, 0.25) is 0 Å². The SMILES string of the molecule is CC(C)(CO)NCc1ccc(OCCO)cc1. The van der Waals surface area contributed by atoms with E-state index in [2.05, 4.69) is 5.32 Å². The summed E-state index contributed by atoms with van der Waals surface area (Å²) in [5.41, 5.74) is 0.856. The number of nitrogens with one attached hydrogen (secondary N) is 1. The molecule has 1 aromatic carbocycles. The van der Waals surface area contributed by atoms with Crippen LogP contribution in [-0.4, -0.2) is 35.6 Å². The van der Waals surface area contributed by atoms with E-state index in [1.807, 2.05) is 38.1 Å². The van der Waals surface area contributed by atoms with Gasteiger partial charge in [0.25, 0.3) is 0 Å². The maximum Gasteiger partial charge on any atom is 0.119 e. The molecule has 1 rings (SSSR count). The zero-order valence-corrected chi connectivity index (χ0v) is 10.4. The van der Waals surface area contributed by atoms with Gasteiger partial charge in [-0.3, -0.25) is 0 Å². The number of benzene rings is 1. The lowest BCUT2D eigenvalue weighted by Crippen LogP contribution is -2.42. The predicted molar refractivity (Wildman–Crippen MR) is 67.0 cm³/mol. The van der Waals surface area contributed by atoms with E-state index >= 15 is 0 Å². The summed E-state index contributed by atoms with van der Waals surface area (Å²) in [5.74, 6) is 0.754. The maximum absolute atomic E-state index is 9.11. The van der Waals surface area contributed by atoms with Gasteiger partial charge in [-0.25, -0.2) is 0 Å². The van der Waals surface area contributed by atoms with Crippen LogP contribution in [0.3, 0.4) is 0 Å². The summed E-state index contributed by atoms with van der Waals surface area (Å²) in [5, 5.41) is 21.0. The van der Waals surface area contributed by atoms with Crippen molar-refractivity contribution in [2.24, 2.45) is 0 Å². The fourth-order valence-electron chi connectivity index (χ4n) is 1.26. The Morgan fingerprint density at radius 1 is 1.18 bits per heavy atom. The third-order valence-electron chi connectivity index (χ3n) is 2.45. The van der Waals surface area contributed by atoms with Gasteiger partial charge in [-0.05, 0) is 31.5 Å². The van der Waals surface area contributed by atoms with E-state index in [-0.39, 0.29) is 18.8 Å². The van der Waals surface area contributed by atoms with Gasteiger partial charge in [0.1, 0.15) is 12.4 Å². The molecule has 0 bridgehead atoms. The largest absolute Gasteiger partial charge is 0.491 e. The van der Waals surface area contributed by atoms with Crippen LogP contribution >= 0.6 is 0 Å². The van der Waals surface area contributed by atoms with Crippen molar-refractivity contribution in [1.29, 1.82) is 0 Å². The van der Waals surface area contributed by atoms with Crippen molar-refractivity contribution in [2.45, 2.75) is 25.9 Å². The summed E-state index contributed by atoms with van der Waals surface area (Å²) >= 11 is 0. The van der Waals surface area contributed by atoms with Gasteiger partial charge in [0.05, 0.1) is 13.2 Å². The van der Waals surface area contributed by atoms with Crippen LogP contribution in [0.25, 0.3) is 0 Å². The molecule has 17 heavy (non-hydrogen) atoms. The zero-order valence-electron chi connectivity index (χ0n) is 10.4. The Morgan fingerprint density at radius 3 is 2.35 bits per heavy atom. The molecule has 1 aromatic rings. The lowest BCUT2D eigenvalue weighted by Gasteiger charge is -2.23. The van der Waals surface area contributed by atoms with Gasteiger partial charge in [-0.2, -0.15) is 0 Å². The van der Waals surface area contributed by atoms with Gasteiger partial charge in [0, 0.05) is 12.1 Å². The molecule has 0 heterocycles. The van der Waals surface area contributed by atoms with Crippen molar-refractivity contribution >= 4 is 0 Å². The van der Waals surface area contributed by atoms with Crippen LogP contribution in [0.1, 0.15) is 19.4 Å². The number of aliphatic hydroxyl groups is 2. The van der Waals surface area contributed by atoms with Crippen molar-refractivity contribution < 1.29 is 14.9 Å². The molecule has 0 atom stereocenters. The summed E-state index contributed by atoms with van der Waals surface area (Å²) in [7, 11) is 0. The van der Waals surface area contributed by atoms with E-state index in [4.69, 9.17) is 14.9 Å². The van der Waals surface area contributed by atoms with Crippen LogP contribution in [0, 0.1) is 0 Å². The highest BCUT2D eigenvalue weighted by Crippen LogP contribution is 2.12. The second-order valence-corrected chi connectivity index (χ2v) is 4.61. The smallest absolute Gasteiger partial charge is 0.119 e. The minimum atomic E-state index is -0.272. The van der Waals surface area contributed by atoms with Gasteiger partial charge in [0.2, 0.25) is 0 Å². The summed E-state index contributed by atoms with van der Waals surface area (Å²) in [6.07, 6.45) is 0. The van der Waals surface area contributed by atoms with Crippen LogP contribution in [-0.2, 0) is 6.54 Å². The topological polar surface area (TPSA) is 61.7 Å². The predicted octanol–water partition coefficient (Wildman–Crippen LogP) is 0.918. The Labute approximate surface area is 102 Å². The normalized spacial score (nSPS) is 11.5. The Hall–Kier alpha value is -1.10. The molecule has 0 spiro atoms. The summed E-state index contributed by atoms with van der Waals surface area (Å²) in [6, 6.07) is 7.68. The Bertz CT molecular complexity index is 322. The molecular weight excluding hydrogens is 218 g/mol. The molecule has 0 fully saturated rings. The van der Waals surface area contributed by atoms with Crippen molar-refractivity contribution in [2.75, 3.05) is 19.8 Å². The standard InChI is InChI=1S/C13H21NO3/c1-13(2,10-16)14-9-11-3-5-12(6-4-11)17-8-7-15/h3-6,14-16H,7-10H2,1-2H3. The first-order valence-corrected chi connectivity index (χ1v) is 5.76. The Morgan fingerprint density at radius 2 is 1.82 bits per heavy atom. The van der Waals surface area contributed by atoms with Crippen molar-refractivity contribution in [1.82, 2.24) is 5.32 Å². The molecule has 0 aromatic heterocycles. The molecule has 0 radical (unpaired) electrons. The van der Waals surface area contributed by atoms with Crippen molar-refractivity contribution in [3.8, 4) is 5.75 Å². The highest BCUT2D eigenvalue weighted by molar-refractivity contribution is 5.27. The van der Waals surface area contributed by atoms with E-state index in [1.165, 1.54) is 0 Å². The van der Waals surface area contributed by atoms with Gasteiger partial charge in [-0.15, -0.1) is 0 Å². The summed E-state index contributed by atoms with van der Waals surface area (Å²) < 4.78 is 5.27. The molecular formula is C13H21NO3. The molecule has 0 unspecified atom stereocenters. The van der Waals surface area contributed by atoms with Crippen molar-refractivity contribution in [3.63, 3.8) is 0 Å². The fraction of sp³-hybridized carbons (Fsp3) is 0.538. The van der Waals surface area contributed by atoms with E-state index in [0.717, 1.165) is 11.3 Å². The minimum Gasteiger partial charge on any atom is -0.491 e. The van der Waals surface area contributed by atoms with Crippen LogP contribution in [0.5, 0.6) is 5.75 Å². The third kappa shape index (κ3) is 5.17. The van der Waals surface area contributed by atoms with Crippen LogP contribution < -0.4 is 10.1 Å². The average molecular weight is 239 g/mol. The van der Waals surface area contributed by atoms with E-state index < -0.39 is 0 Å². The lowest BCUT2D eigenvalue weighted by molar-refractivity contribution is 0.187. The van der Waals surface area contributed by atoms with Gasteiger partial charge in [-0.1, -0.05) is 12.1 Å². The molecule has 3 N–H and O–H groups in total. The lowest BCUT2D eigenvalue weighted by atomic mass is 10.1. The van der Waals surface area contributed by atoms with Crippen molar-refractivity contribution in [3.05, 3.63) is 29.8 Å². The monoisotopic (exact) mass is 239 g/mol. The summed E-state index contributed by atoms with van der Waals surface area (Å²) in [4.78, 5) is 0. The first-order valence-electron chi connectivity index (χ1n) is 5.76. The second-order valence-electron chi connectivity index (χ2n) is 4.61. The van der Waals surface area contributed by atoms with Crippen LogP contribution in [0.4, 0.5) is 0 Å². The number of aliphatic hydroxyl groups excluding tert-OH is 2. The molecule has 4 heteroatoms. The average Bonchev–Trinajstić information content (AvgIpc) is 2.35. The van der Waals surface area contributed by atoms with Gasteiger partial charge < -0.3 is 20.3 Å². The van der Waals surface area contributed by atoms with Crippen LogP contribution in [0.15, 0.2) is 24.3 Å². The fourth-order valence-corrected chi connectivity index (χ4v) is 1.26. The molecule has 0 amide bonds. The van der Waals surface area contributed by atoms with E-state index in [1.54, 1.807) is 0 Å². The quantitative estimate of drug-likeness (QED) is 0.662. The van der Waals surface area contributed by atoms with Gasteiger partial charge >= 0.3 is 0 Å². The Kier molecular flexibility index (Phi) is 5.41. The van der Waals surface area contributed by atoms with E-state index in [0.29, 0.717) is 13.2 Å². The summed E-state index contributed by atoms with van der Waals surface area (Å²) in [6.45, 7) is 5.04. The minimum absolute atomic E-state index is 0.0218. The molecule has 96 valence electrons. The number of ether oxygens (including phenoxy) is 1. The first kappa shape index (κ1) is 14.0. The maximum atomic E-state index is 9.11. The van der Waals surface area contributed by atoms with Gasteiger partial charge in [0.15, 0.2) is 0 Å². The molecule has 0 saturated heterocycles. The molecule has 0 saturated carbocycles. The highest BCUT2D eigenvalue weighted by atomic mass is 16.5. The number of hydrogen-bond donors (Lipinski definition) is 3. The Balaban J connectivity index is 2.45. The molecule has 4 nitrogen and oxygen atoms in total. The molecule has 0 aliphatic heterocycles. The number of rotatable bonds is 7. The van der Waals surface area contributed by atoms with E-state index in [9.17, 15) is 0 Å². The zero-order chi connectivity index (χ0) is 12.7. The highest BCUT2D eigenvalue weighted by Gasteiger charge is 2.14. The number of hydrogen-bond acceptors (Lipinski definition) is 4.